The van der Waals surface area contributed by atoms with E-state index in [-0.39, 0.29) is 24.4 Å². The van der Waals surface area contributed by atoms with E-state index in [2.05, 4.69) is 4.98 Å². The minimum Gasteiger partial charge on any atom is -0.497 e. The minimum atomic E-state index is -0.799. The molecule has 1 atom stereocenters. The molecule has 9 heteroatoms. The number of para-hydroxylation sites is 2. The number of hydrogen-bond acceptors (Lipinski definition) is 6. The van der Waals surface area contributed by atoms with Crippen LogP contribution < -0.4 is 25.2 Å². The molecule has 2 N–H and O–H groups in total. The minimum absolute atomic E-state index is 0.140. The lowest BCUT2D eigenvalue weighted by Gasteiger charge is -2.36. The number of urea groups is 1. The predicted octanol–water partition coefficient (Wildman–Crippen LogP) is 6.39. The Balaban J connectivity index is 1.39. The Morgan fingerprint density at radius 1 is 0.886 bits per heavy atom. The van der Waals surface area contributed by atoms with Crippen LogP contribution in [0.15, 0.2) is 121 Å². The Kier molecular flexibility index (Phi) is 8.29. The van der Waals surface area contributed by atoms with Crippen LogP contribution in [0.3, 0.4) is 0 Å². The van der Waals surface area contributed by atoms with Crippen molar-refractivity contribution in [3.05, 3.63) is 133 Å². The summed E-state index contributed by atoms with van der Waals surface area (Å²) in [5.74, 6) is 0.906. The number of benzene rings is 4. The second-order valence-electron chi connectivity index (χ2n) is 10.4. The van der Waals surface area contributed by atoms with Crippen molar-refractivity contribution in [1.29, 1.82) is 0 Å². The van der Waals surface area contributed by atoms with E-state index in [9.17, 15) is 9.59 Å². The van der Waals surface area contributed by atoms with E-state index in [0.29, 0.717) is 41.5 Å². The molecule has 0 fully saturated rings. The third kappa shape index (κ3) is 5.86. The average molecular weight is 585 g/mol. The Hall–Kier alpha value is -5.54. The van der Waals surface area contributed by atoms with E-state index >= 15 is 0 Å². The lowest BCUT2D eigenvalue weighted by Crippen LogP contribution is -2.46. The van der Waals surface area contributed by atoms with E-state index in [1.807, 2.05) is 115 Å². The number of aryl methyl sites for hydroxylation is 1. The van der Waals surface area contributed by atoms with Crippen LogP contribution in [-0.2, 0) is 17.8 Å². The van der Waals surface area contributed by atoms with Crippen LogP contribution in [0.5, 0.6) is 5.75 Å². The number of carbonyl (C=O) groups is 2. The number of amides is 3. The summed E-state index contributed by atoms with van der Waals surface area (Å²) in [5.41, 5.74) is 10.2. The van der Waals surface area contributed by atoms with E-state index < -0.39 is 6.04 Å². The molecule has 0 unspecified atom stereocenters. The molecular formula is C35H32N6O3. The molecule has 4 aromatic carbocycles. The lowest BCUT2D eigenvalue weighted by atomic mass is 10.0. The van der Waals surface area contributed by atoms with Gasteiger partial charge in [0.05, 0.1) is 31.1 Å². The largest absolute Gasteiger partial charge is 0.497 e. The summed E-state index contributed by atoms with van der Waals surface area (Å²) >= 11 is 0. The van der Waals surface area contributed by atoms with Gasteiger partial charge in [-0.25, -0.2) is 19.6 Å². The lowest BCUT2D eigenvalue weighted by molar-refractivity contribution is -0.119. The predicted molar refractivity (Wildman–Crippen MR) is 172 cm³/mol. The van der Waals surface area contributed by atoms with Crippen molar-refractivity contribution in [1.82, 2.24) is 9.97 Å². The molecule has 1 aromatic heterocycles. The zero-order chi connectivity index (χ0) is 30.5. The quantitative estimate of drug-likeness (QED) is 0.215. The van der Waals surface area contributed by atoms with Crippen molar-refractivity contribution < 1.29 is 14.3 Å². The number of anilines is 5. The summed E-state index contributed by atoms with van der Waals surface area (Å²) in [7, 11) is 1.60. The van der Waals surface area contributed by atoms with Crippen LogP contribution in [0.25, 0.3) is 0 Å². The summed E-state index contributed by atoms with van der Waals surface area (Å²) in [6, 6.07) is 34.7. The van der Waals surface area contributed by atoms with Gasteiger partial charge < -0.3 is 10.5 Å². The van der Waals surface area contributed by atoms with Gasteiger partial charge in [0.15, 0.2) is 5.82 Å². The van der Waals surface area contributed by atoms with Crippen molar-refractivity contribution in [3.63, 3.8) is 0 Å². The third-order valence-electron chi connectivity index (χ3n) is 7.53. The monoisotopic (exact) mass is 584 g/mol. The van der Waals surface area contributed by atoms with Crippen LogP contribution in [0.1, 0.15) is 17.5 Å². The fraction of sp³-hybridized carbons (Fsp3) is 0.143. The van der Waals surface area contributed by atoms with Crippen LogP contribution in [0, 0.1) is 0 Å². The highest BCUT2D eigenvalue weighted by Gasteiger charge is 2.36. The van der Waals surface area contributed by atoms with Gasteiger partial charge in [0.2, 0.25) is 5.95 Å². The van der Waals surface area contributed by atoms with Gasteiger partial charge in [-0.2, -0.15) is 4.98 Å². The van der Waals surface area contributed by atoms with Gasteiger partial charge >= 0.3 is 6.03 Å². The SMILES string of the molecule is COc1ccc(N2Cc3cnc(N(C(=O)[C@@H](N)CCc4ccccc4)c4ccccc4)nc3N(c3ccccc3)C2=O)cc1. The number of methoxy groups -OCH3 is 1. The molecule has 44 heavy (non-hydrogen) atoms. The summed E-state index contributed by atoms with van der Waals surface area (Å²) < 4.78 is 5.30. The van der Waals surface area contributed by atoms with E-state index in [0.717, 1.165) is 11.1 Å². The Labute approximate surface area is 256 Å². The maximum Gasteiger partial charge on any atom is 0.335 e. The molecule has 1 aliphatic rings. The molecule has 0 spiro atoms. The van der Waals surface area contributed by atoms with Gasteiger partial charge in [-0.3, -0.25) is 9.69 Å². The normalized spacial score (nSPS) is 13.3. The average Bonchev–Trinajstić information content (AvgIpc) is 3.08. The Morgan fingerprint density at radius 3 is 2.18 bits per heavy atom. The molecule has 0 radical (unpaired) electrons. The summed E-state index contributed by atoms with van der Waals surface area (Å²) in [6.07, 6.45) is 2.77. The molecule has 0 saturated carbocycles. The third-order valence-corrected chi connectivity index (χ3v) is 7.53. The molecule has 0 aliphatic carbocycles. The standard InChI is InChI=1S/C35H32N6O3/c1-44-30-20-18-27(19-21-30)39-24-26-23-37-34(38-32(26)40(35(39)43)28-13-7-3-8-14-28)41(29-15-9-4-10-16-29)33(42)31(36)22-17-25-11-5-2-6-12-25/h2-16,18-21,23,31H,17,22,24,36H2,1H3/t31-/m0/s1. The maximum atomic E-state index is 14.1. The van der Waals surface area contributed by atoms with Gasteiger partial charge in [-0.05, 0) is 66.9 Å². The zero-order valence-electron chi connectivity index (χ0n) is 24.3. The first-order valence-electron chi connectivity index (χ1n) is 14.4. The van der Waals surface area contributed by atoms with Gasteiger partial charge in [0, 0.05) is 17.4 Å². The second kappa shape index (κ2) is 12.8. The zero-order valence-corrected chi connectivity index (χ0v) is 24.3. The summed E-state index contributed by atoms with van der Waals surface area (Å²) in [6.45, 7) is 0.250. The molecular weight excluding hydrogens is 552 g/mol. The first-order chi connectivity index (χ1) is 21.5. The molecule has 9 nitrogen and oxygen atoms in total. The molecule has 0 saturated heterocycles. The number of nitrogens with zero attached hydrogens (tertiary/aromatic N) is 5. The highest BCUT2D eigenvalue weighted by Crippen LogP contribution is 2.37. The van der Waals surface area contributed by atoms with Crippen LogP contribution >= 0.6 is 0 Å². The van der Waals surface area contributed by atoms with Gasteiger partial charge in [0.25, 0.3) is 5.91 Å². The number of rotatable bonds is 9. The highest BCUT2D eigenvalue weighted by molar-refractivity contribution is 6.10. The first kappa shape index (κ1) is 28.6. The second-order valence-corrected chi connectivity index (χ2v) is 10.4. The van der Waals surface area contributed by atoms with Crippen molar-refractivity contribution in [2.24, 2.45) is 5.73 Å². The van der Waals surface area contributed by atoms with E-state index in [1.54, 1.807) is 23.1 Å². The van der Waals surface area contributed by atoms with Crippen molar-refractivity contribution in [2.45, 2.75) is 25.4 Å². The van der Waals surface area contributed by atoms with Crippen LogP contribution in [0.4, 0.5) is 33.6 Å². The molecule has 2 heterocycles. The van der Waals surface area contributed by atoms with E-state index in [4.69, 9.17) is 15.5 Å². The van der Waals surface area contributed by atoms with Gasteiger partial charge in [-0.1, -0.05) is 66.7 Å². The fourth-order valence-electron chi connectivity index (χ4n) is 5.20. The molecule has 3 amide bonds. The van der Waals surface area contributed by atoms with Crippen molar-refractivity contribution >= 4 is 40.8 Å². The van der Waals surface area contributed by atoms with Crippen LogP contribution in [-0.4, -0.2) is 35.1 Å². The smallest absolute Gasteiger partial charge is 0.335 e. The Morgan fingerprint density at radius 2 is 1.52 bits per heavy atom. The van der Waals surface area contributed by atoms with Crippen LogP contribution in [0.2, 0.25) is 0 Å². The maximum absolute atomic E-state index is 14.1. The Bertz CT molecular complexity index is 1730. The van der Waals surface area contributed by atoms with Gasteiger partial charge in [-0.15, -0.1) is 0 Å². The molecule has 220 valence electrons. The number of carbonyl (C=O) groups excluding carboxylic acids is 2. The summed E-state index contributed by atoms with van der Waals surface area (Å²) in [5, 5.41) is 0. The molecule has 0 bridgehead atoms. The highest BCUT2D eigenvalue weighted by atomic mass is 16.5. The number of hydrogen-bond donors (Lipinski definition) is 1. The molecule has 6 rings (SSSR count). The van der Waals surface area contributed by atoms with E-state index in [1.165, 1.54) is 4.90 Å². The molecule has 5 aromatic rings. The van der Waals surface area contributed by atoms with Crippen molar-refractivity contribution in [2.75, 3.05) is 21.8 Å². The van der Waals surface area contributed by atoms with Crippen molar-refractivity contribution in [3.8, 4) is 5.75 Å². The molecule has 1 aliphatic heterocycles. The fourth-order valence-corrected chi connectivity index (χ4v) is 5.20. The van der Waals surface area contributed by atoms with Gasteiger partial charge in [0.1, 0.15) is 5.75 Å². The number of ether oxygens (including phenoxy) is 1. The number of fused-ring (bicyclic) bond motifs is 1. The first-order valence-corrected chi connectivity index (χ1v) is 14.4. The summed E-state index contributed by atoms with van der Waals surface area (Å²) in [4.78, 5) is 42.3. The number of nitrogens with two attached hydrogens (primary N) is 1. The topological polar surface area (TPSA) is 105 Å². The number of aromatic nitrogens is 2.